The van der Waals surface area contributed by atoms with Crippen molar-refractivity contribution < 1.29 is 38.1 Å². The highest BCUT2D eigenvalue weighted by Crippen LogP contribution is 2.55. The first-order chi connectivity index (χ1) is 18.7. The second-order valence-electron chi connectivity index (χ2n) is 9.50. The van der Waals surface area contributed by atoms with Gasteiger partial charge in [-0.25, -0.2) is 0 Å². The zero-order valence-electron chi connectivity index (χ0n) is 21.8. The minimum atomic E-state index is -1.89. The monoisotopic (exact) mass is 551 g/mol. The second-order valence-corrected chi connectivity index (χ2v) is 9.88. The van der Waals surface area contributed by atoms with E-state index in [1.165, 1.54) is 27.4 Å². The molecule has 0 aromatic heterocycles. The molecule has 0 radical (unpaired) electrons. The minimum Gasteiger partial charge on any atom is -0.496 e. The van der Waals surface area contributed by atoms with Gasteiger partial charge < -0.3 is 29.0 Å². The third kappa shape index (κ3) is 3.90. The molecule has 1 N–H and O–H groups in total. The maximum Gasteiger partial charge on any atom is 0.236 e. The summed E-state index contributed by atoms with van der Waals surface area (Å²) in [5.74, 6) is 1.07. The van der Waals surface area contributed by atoms with Gasteiger partial charge in [0.2, 0.25) is 23.1 Å². The van der Waals surface area contributed by atoms with Gasteiger partial charge in [0.1, 0.15) is 28.7 Å². The van der Waals surface area contributed by atoms with Crippen LogP contribution in [0.25, 0.3) is 0 Å². The van der Waals surface area contributed by atoms with Crippen LogP contribution in [0.15, 0.2) is 35.5 Å². The van der Waals surface area contributed by atoms with Gasteiger partial charge in [0.05, 0.1) is 21.3 Å². The Morgan fingerprint density at radius 2 is 1.74 bits per heavy atom. The number of ether oxygens (including phenoxy) is 5. The fraction of sp³-hybridized carbons (Fsp3) is 0.345. The zero-order chi connectivity index (χ0) is 28.1. The highest BCUT2D eigenvalue weighted by atomic mass is 35.5. The van der Waals surface area contributed by atoms with Gasteiger partial charge in [-0.2, -0.15) is 0 Å². The average Bonchev–Trinajstić information content (AvgIpc) is 3.25. The first-order valence-corrected chi connectivity index (χ1v) is 12.6. The number of hydrogen-bond donors (Lipinski definition) is 1. The molecule has 2 aliphatic heterocycles. The van der Waals surface area contributed by atoms with Crippen LogP contribution in [-0.4, -0.2) is 51.0 Å². The van der Waals surface area contributed by atoms with Crippen molar-refractivity contribution in [2.24, 2.45) is 5.92 Å². The molecule has 0 saturated carbocycles. The molecule has 0 fully saturated rings. The normalized spacial score (nSPS) is 23.4. The van der Waals surface area contributed by atoms with Crippen LogP contribution in [0.4, 0.5) is 0 Å². The number of allylic oxidation sites excluding steroid dienone is 1. The van der Waals surface area contributed by atoms with Crippen LogP contribution < -0.4 is 29.0 Å². The lowest BCUT2D eigenvalue weighted by molar-refractivity contribution is -0.131. The number of amides is 1. The Labute approximate surface area is 230 Å². The van der Waals surface area contributed by atoms with E-state index in [9.17, 15) is 14.4 Å². The molecule has 9 nitrogen and oxygen atoms in total. The van der Waals surface area contributed by atoms with Gasteiger partial charge >= 0.3 is 0 Å². The summed E-state index contributed by atoms with van der Waals surface area (Å²) < 4.78 is 28.1. The number of nitrogens with one attached hydrogen (secondary N) is 1. The first kappa shape index (κ1) is 26.4. The predicted molar refractivity (Wildman–Crippen MR) is 141 cm³/mol. The molecule has 0 unspecified atom stereocenters. The maximum absolute atomic E-state index is 14.5. The van der Waals surface area contributed by atoms with Crippen molar-refractivity contribution in [3.8, 4) is 41.1 Å². The minimum absolute atomic E-state index is 0.00508. The molecule has 202 valence electrons. The molecule has 3 aliphatic rings. The number of carbonyl (C=O) groups excluding carboxylic acids is 3. The Hall–Kier alpha value is -4.16. The molecule has 0 bridgehead atoms. The largest absolute Gasteiger partial charge is 0.496 e. The molecule has 5 rings (SSSR count). The molecule has 1 spiro atoms. The smallest absolute Gasteiger partial charge is 0.236 e. The summed E-state index contributed by atoms with van der Waals surface area (Å²) >= 11 is 6.54. The van der Waals surface area contributed by atoms with Crippen molar-refractivity contribution in [2.45, 2.75) is 31.3 Å². The van der Waals surface area contributed by atoms with E-state index in [4.69, 9.17) is 41.7 Å². The summed E-state index contributed by atoms with van der Waals surface area (Å²) in [7, 11) is 4.33. The van der Waals surface area contributed by atoms with E-state index in [0.29, 0.717) is 28.3 Å². The highest BCUT2D eigenvalue weighted by molar-refractivity contribution is 6.36. The van der Waals surface area contributed by atoms with Crippen molar-refractivity contribution in [1.29, 1.82) is 0 Å². The third-order valence-electron chi connectivity index (χ3n) is 7.46. The highest BCUT2D eigenvalue weighted by Gasteiger charge is 2.63. The molecule has 3 atom stereocenters. The predicted octanol–water partition coefficient (Wildman–Crippen LogP) is 3.86. The van der Waals surface area contributed by atoms with Gasteiger partial charge in [-0.15, -0.1) is 6.42 Å². The zero-order valence-corrected chi connectivity index (χ0v) is 22.6. The number of halogens is 1. The topological polar surface area (TPSA) is 109 Å². The molecule has 2 heterocycles. The van der Waals surface area contributed by atoms with Gasteiger partial charge in [0.25, 0.3) is 0 Å². The van der Waals surface area contributed by atoms with Crippen molar-refractivity contribution in [3.63, 3.8) is 0 Å². The average molecular weight is 552 g/mol. The Balaban J connectivity index is 1.63. The molecular formula is C29H26ClNO8. The van der Waals surface area contributed by atoms with Gasteiger partial charge in [0, 0.05) is 35.6 Å². The molecule has 39 heavy (non-hydrogen) atoms. The van der Waals surface area contributed by atoms with E-state index in [1.54, 1.807) is 25.1 Å². The molecular weight excluding hydrogens is 526 g/mol. The van der Waals surface area contributed by atoms with Crippen molar-refractivity contribution in [1.82, 2.24) is 5.32 Å². The number of carbonyl (C=O) groups is 3. The lowest BCUT2D eigenvalue weighted by Gasteiger charge is -2.41. The molecule has 1 aliphatic carbocycles. The van der Waals surface area contributed by atoms with Gasteiger partial charge in [0.15, 0.2) is 17.2 Å². The summed E-state index contributed by atoms with van der Waals surface area (Å²) in [6.07, 6.45) is 5.56. The van der Waals surface area contributed by atoms with Gasteiger partial charge in [-0.05, 0) is 24.1 Å². The van der Waals surface area contributed by atoms with Crippen LogP contribution in [0.2, 0.25) is 5.02 Å². The number of fused-ring (bicyclic) bond motifs is 1. The van der Waals surface area contributed by atoms with E-state index in [-0.39, 0.29) is 53.2 Å². The quantitative estimate of drug-likeness (QED) is 0.426. The lowest BCUT2D eigenvalue weighted by Crippen LogP contribution is -2.59. The molecule has 1 amide bonds. The number of Topliss-reactive ketones (excluding diaryl/α,β-unsaturated/α-hetero) is 2. The fourth-order valence-corrected chi connectivity index (χ4v) is 5.88. The number of terminal acetylenes is 1. The van der Waals surface area contributed by atoms with E-state index < -0.39 is 29.0 Å². The Kier molecular flexibility index (Phi) is 6.69. The first-order valence-electron chi connectivity index (χ1n) is 12.2. The van der Waals surface area contributed by atoms with Crippen LogP contribution in [0, 0.1) is 18.3 Å². The summed E-state index contributed by atoms with van der Waals surface area (Å²) in [6, 6.07) is 6.62. The third-order valence-corrected chi connectivity index (χ3v) is 7.82. The lowest BCUT2D eigenvalue weighted by atomic mass is 9.66. The summed E-state index contributed by atoms with van der Waals surface area (Å²) in [4.78, 5) is 41.3. The fourth-order valence-electron chi connectivity index (χ4n) is 5.62. The number of benzene rings is 2. The van der Waals surface area contributed by atoms with Crippen molar-refractivity contribution in [3.05, 3.63) is 51.7 Å². The van der Waals surface area contributed by atoms with Gasteiger partial charge in [-0.1, -0.05) is 30.5 Å². The Morgan fingerprint density at radius 1 is 1.03 bits per heavy atom. The maximum atomic E-state index is 14.5. The van der Waals surface area contributed by atoms with E-state index >= 15 is 0 Å². The van der Waals surface area contributed by atoms with E-state index in [1.807, 2.05) is 0 Å². The molecule has 2 aromatic carbocycles. The van der Waals surface area contributed by atoms with Crippen LogP contribution in [-0.2, 0) is 9.59 Å². The summed E-state index contributed by atoms with van der Waals surface area (Å²) in [5.41, 5.74) is -0.421. The van der Waals surface area contributed by atoms with E-state index in [0.717, 1.165) is 0 Å². The Morgan fingerprint density at radius 3 is 2.41 bits per heavy atom. The molecule has 2 aromatic rings. The Bertz CT molecular complexity index is 1490. The van der Waals surface area contributed by atoms with Crippen LogP contribution >= 0.6 is 11.6 Å². The van der Waals surface area contributed by atoms with Gasteiger partial charge in [-0.3, -0.25) is 14.4 Å². The van der Waals surface area contributed by atoms with Crippen LogP contribution in [0.5, 0.6) is 28.7 Å². The molecule has 10 heteroatoms. The summed E-state index contributed by atoms with van der Waals surface area (Å²) in [6.45, 7) is 1.74. The van der Waals surface area contributed by atoms with Crippen LogP contribution in [0.3, 0.4) is 0 Å². The standard InChI is InChI=1S/C29H26ClNO8/c1-6-9-38-19-11-15(7-8-18(19)35-3)16-12-22(32)31-17-10-14(2)29(27(33)23(16)17)28(34)24-20(36-4)13-21(37-5)25(30)26(24)39-29/h1,7-8,11,13-14,16H,9-10,12H2,2-5H3,(H,31,32)/t14-,16-,29+/m1/s1. The van der Waals surface area contributed by atoms with Crippen molar-refractivity contribution in [2.75, 3.05) is 27.9 Å². The van der Waals surface area contributed by atoms with Crippen molar-refractivity contribution >= 4 is 29.1 Å². The SMILES string of the molecule is C#CCOc1cc([C@H]2CC(=O)NC3=C2C(=O)[C@@]2(Oc4c(Cl)c(OC)cc(OC)c4C2=O)[C@H](C)C3)ccc1OC. The number of methoxy groups -OCH3 is 3. The number of hydrogen-bond acceptors (Lipinski definition) is 8. The summed E-state index contributed by atoms with van der Waals surface area (Å²) in [5, 5.41) is 2.91. The number of rotatable bonds is 6. The molecule has 0 saturated heterocycles. The van der Waals surface area contributed by atoms with E-state index in [2.05, 4.69) is 11.2 Å². The van der Waals surface area contributed by atoms with Crippen LogP contribution in [0.1, 0.15) is 41.6 Å². The second kappa shape index (κ2) is 9.86. The number of ketones is 2.